The van der Waals surface area contributed by atoms with Crippen molar-refractivity contribution in [3.05, 3.63) is 104 Å². The van der Waals surface area contributed by atoms with Gasteiger partial charge >= 0.3 is 5.97 Å². The van der Waals surface area contributed by atoms with Gasteiger partial charge in [-0.25, -0.2) is 4.79 Å². The minimum Gasteiger partial charge on any atom is -0.489 e. The van der Waals surface area contributed by atoms with Crippen LogP contribution in [0.1, 0.15) is 16.7 Å². The van der Waals surface area contributed by atoms with Crippen molar-refractivity contribution in [1.82, 2.24) is 4.90 Å². The Balaban J connectivity index is 1.45. The van der Waals surface area contributed by atoms with Crippen LogP contribution in [-0.4, -0.2) is 32.2 Å². The van der Waals surface area contributed by atoms with E-state index in [1.165, 1.54) is 4.90 Å². The highest BCUT2D eigenvalue weighted by atomic mass is 35.5. The smallest absolute Gasteiger partial charge is 0.327 e. The molecule has 0 saturated carbocycles. The minimum atomic E-state index is -1.10. The Bertz CT molecular complexity index is 1300. The number of amides is 1. The number of aliphatic carboxylic acids is 1. The van der Waals surface area contributed by atoms with Gasteiger partial charge in [0, 0.05) is 22.0 Å². The summed E-state index contributed by atoms with van der Waals surface area (Å²) in [5.41, 5.74) is 2.39. The fourth-order valence-electron chi connectivity index (χ4n) is 3.49. The number of benzene rings is 3. The van der Waals surface area contributed by atoms with E-state index in [1.807, 2.05) is 48.5 Å². The molecule has 3 aromatic rings. The van der Waals surface area contributed by atoms with Gasteiger partial charge in [-0.1, -0.05) is 95.7 Å². The van der Waals surface area contributed by atoms with E-state index < -0.39 is 17.9 Å². The van der Waals surface area contributed by atoms with E-state index in [0.29, 0.717) is 20.7 Å². The molecule has 1 aliphatic rings. The number of rotatable bonds is 8. The van der Waals surface area contributed by atoms with Crippen LogP contribution in [-0.2, 0) is 22.6 Å². The third kappa shape index (κ3) is 6.24. The van der Waals surface area contributed by atoms with Crippen molar-refractivity contribution in [3.8, 4) is 5.75 Å². The zero-order valence-electron chi connectivity index (χ0n) is 18.2. The van der Waals surface area contributed by atoms with Gasteiger partial charge in [0.2, 0.25) is 0 Å². The summed E-state index contributed by atoms with van der Waals surface area (Å²) in [6.07, 6.45) is 1.86. The largest absolute Gasteiger partial charge is 0.489 e. The van der Waals surface area contributed by atoms with Crippen molar-refractivity contribution in [1.29, 1.82) is 0 Å². The van der Waals surface area contributed by atoms with Gasteiger partial charge in [-0.15, -0.1) is 0 Å². The van der Waals surface area contributed by atoms with Crippen LogP contribution in [0, 0.1) is 0 Å². The van der Waals surface area contributed by atoms with Crippen molar-refractivity contribution in [2.75, 3.05) is 0 Å². The van der Waals surface area contributed by atoms with Crippen LogP contribution in [0.4, 0.5) is 0 Å². The molecule has 1 N–H and O–H groups in total. The van der Waals surface area contributed by atoms with Crippen LogP contribution >= 0.6 is 47.2 Å². The van der Waals surface area contributed by atoms with Gasteiger partial charge < -0.3 is 9.84 Å². The molecule has 0 bridgehead atoms. The summed E-state index contributed by atoms with van der Waals surface area (Å²) >= 11 is 18.6. The van der Waals surface area contributed by atoms with E-state index >= 15 is 0 Å². The lowest BCUT2D eigenvalue weighted by Crippen LogP contribution is -2.45. The van der Waals surface area contributed by atoms with E-state index in [0.717, 1.165) is 28.5 Å². The quantitative estimate of drug-likeness (QED) is 0.259. The molecule has 1 amide bonds. The number of carboxylic acid groups (broad SMARTS) is 1. The highest BCUT2D eigenvalue weighted by molar-refractivity contribution is 8.26. The lowest BCUT2D eigenvalue weighted by Gasteiger charge is -2.23. The highest BCUT2D eigenvalue weighted by Gasteiger charge is 2.40. The van der Waals surface area contributed by atoms with Crippen LogP contribution in [0.25, 0.3) is 6.08 Å². The average molecular weight is 544 g/mol. The maximum absolute atomic E-state index is 13.1. The predicted molar refractivity (Wildman–Crippen MR) is 144 cm³/mol. The number of thiocarbonyl (C=S) groups is 1. The monoisotopic (exact) mass is 543 g/mol. The second-order valence-electron chi connectivity index (χ2n) is 7.69. The van der Waals surface area contributed by atoms with E-state index in [-0.39, 0.29) is 17.3 Å². The Labute approximate surface area is 222 Å². The molecule has 4 rings (SSSR count). The van der Waals surface area contributed by atoms with Crippen molar-refractivity contribution in [3.63, 3.8) is 0 Å². The van der Waals surface area contributed by atoms with Gasteiger partial charge in [-0.05, 0) is 41.5 Å². The summed E-state index contributed by atoms with van der Waals surface area (Å²) in [4.78, 5) is 26.6. The van der Waals surface area contributed by atoms with Gasteiger partial charge in [0.1, 0.15) is 22.7 Å². The molecule has 0 radical (unpaired) electrons. The van der Waals surface area contributed by atoms with Gasteiger partial charge in [0.05, 0.1) is 4.91 Å². The number of nitrogens with zero attached hydrogens (tertiary/aromatic N) is 1. The summed E-state index contributed by atoms with van der Waals surface area (Å²) < 4.78 is 6.02. The van der Waals surface area contributed by atoms with Crippen LogP contribution in [0.5, 0.6) is 5.75 Å². The third-order valence-electron chi connectivity index (χ3n) is 5.28. The molecular weight excluding hydrogens is 525 g/mol. The molecule has 1 saturated heterocycles. The average Bonchev–Trinajstić information content (AvgIpc) is 3.11. The van der Waals surface area contributed by atoms with Gasteiger partial charge in [0.15, 0.2) is 0 Å². The van der Waals surface area contributed by atoms with Crippen LogP contribution in [0.3, 0.4) is 0 Å². The van der Waals surface area contributed by atoms with E-state index in [2.05, 4.69) is 0 Å². The number of carbonyl (C=O) groups excluding carboxylic acids is 1. The third-order valence-corrected chi connectivity index (χ3v) is 7.20. The fraction of sp³-hybridized carbons (Fsp3) is 0.115. The lowest BCUT2D eigenvalue weighted by atomic mass is 10.0. The Kier molecular flexibility index (Phi) is 8.13. The first kappa shape index (κ1) is 25.3. The number of thioether (sulfide) groups is 1. The fourth-order valence-corrected chi connectivity index (χ4v) is 5.31. The molecule has 9 heteroatoms. The SMILES string of the molecule is O=C(O)[C@H](Cc1ccccc1)N1C(=O)/C(=C\c2ccc(OCc3ccc(Cl)cc3Cl)cc2)SC1=S. The number of hydrogen-bond donors (Lipinski definition) is 1. The molecule has 0 aromatic heterocycles. The number of ether oxygens (including phenoxy) is 1. The first-order chi connectivity index (χ1) is 16.8. The van der Waals surface area contributed by atoms with Crippen molar-refractivity contribution in [2.45, 2.75) is 19.1 Å². The molecule has 0 aliphatic carbocycles. The molecule has 0 unspecified atom stereocenters. The molecule has 35 heavy (non-hydrogen) atoms. The van der Waals surface area contributed by atoms with Crippen LogP contribution in [0.15, 0.2) is 77.7 Å². The summed E-state index contributed by atoms with van der Waals surface area (Å²) in [6.45, 7) is 0.284. The first-order valence-corrected chi connectivity index (χ1v) is 12.5. The Morgan fingerprint density at radius 3 is 2.46 bits per heavy atom. The van der Waals surface area contributed by atoms with E-state index in [4.69, 9.17) is 40.2 Å². The zero-order chi connectivity index (χ0) is 24.9. The topological polar surface area (TPSA) is 66.8 Å². The molecule has 5 nitrogen and oxygen atoms in total. The second-order valence-corrected chi connectivity index (χ2v) is 10.2. The molecule has 3 aromatic carbocycles. The molecule has 1 atom stereocenters. The Hall–Kier alpha value is -2.84. The van der Waals surface area contributed by atoms with Crippen LogP contribution < -0.4 is 4.74 Å². The number of halogens is 2. The normalized spacial score (nSPS) is 15.5. The molecule has 1 fully saturated rings. The summed E-state index contributed by atoms with van der Waals surface area (Å²) in [7, 11) is 0. The predicted octanol–water partition coefficient (Wildman–Crippen LogP) is 6.47. The maximum Gasteiger partial charge on any atom is 0.327 e. The van der Waals surface area contributed by atoms with Crippen molar-refractivity contribution < 1.29 is 19.4 Å². The summed E-state index contributed by atoms with van der Waals surface area (Å²) in [5.74, 6) is -0.885. The molecule has 0 spiro atoms. The van der Waals surface area contributed by atoms with E-state index in [9.17, 15) is 14.7 Å². The molecule has 178 valence electrons. The molecule has 1 aliphatic heterocycles. The Morgan fingerprint density at radius 1 is 1.09 bits per heavy atom. The summed E-state index contributed by atoms with van der Waals surface area (Å²) in [5, 5.41) is 10.9. The second kappa shape index (κ2) is 11.3. The summed E-state index contributed by atoms with van der Waals surface area (Å²) in [6, 6.07) is 20.5. The van der Waals surface area contributed by atoms with Gasteiger partial charge in [0.25, 0.3) is 5.91 Å². The standard InChI is InChI=1S/C26H19Cl2NO4S2/c27-19-9-8-18(21(28)14-19)15-33-20-10-6-17(7-11-20)13-23-24(30)29(26(34)35-23)22(25(31)32)12-16-4-2-1-3-5-16/h1-11,13-14,22H,12,15H2,(H,31,32)/b23-13+/t22-/m0/s1. The van der Waals surface area contributed by atoms with Crippen molar-refractivity contribution in [2.24, 2.45) is 0 Å². The van der Waals surface area contributed by atoms with Gasteiger partial charge in [-0.3, -0.25) is 9.69 Å². The maximum atomic E-state index is 13.1. The number of carboxylic acids is 1. The molecule has 1 heterocycles. The zero-order valence-corrected chi connectivity index (χ0v) is 21.3. The Morgan fingerprint density at radius 2 is 1.80 bits per heavy atom. The van der Waals surface area contributed by atoms with Crippen molar-refractivity contribution >= 4 is 69.5 Å². The van der Waals surface area contributed by atoms with Gasteiger partial charge in [-0.2, -0.15) is 0 Å². The highest BCUT2D eigenvalue weighted by Crippen LogP contribution is 2.35. The lowest BCUT2D eigenvalue weighted by molar-refractivity contribution is -0.145. The first-order valence-electron chi connectivity index (χ1n) is 10.5. The number of carbonyl (C=O) groups is 2. The number of hydrogen-bond acceptors (Lipinski definition) is 5. The van der Waals surface area contributed by atoms with E-state index in [1.54, 1.807) is 30.3 Å². The van der Waals surface area contributed by atoms with Crippen LogP contribution in [0.2, 0.25) is 10.0 Å². The minimum absolute atomic E-state index is 0.166. The molecular formula is C26H19Cl2NO4S2.